The van der Waals surface area contributed by atoms with Gasteiger partial charge >= 0.3 is 12.0 Å². The van der Waals surface area contributed by atoms with Crippen LogP contribution in [-0.2, 0) is 16.0 Å². The summed E-state index contributed by atoms with van der Waals surface area (Å²) in [5.74, 6) is -2.08. The lowest BCUT2D eigenvalue weighted by Crippen LogP contribution is -2.52. The van der Waals surface area contributed by atoms with Crippen LogP contribution in [0.25, 0.3) is 10.8 Å². The number of nitrogens with two attached hydrogens (primary N) is 1. The summed E-state index contributed by atoms with van der Waals surface area (Å²) in [6.45, 7) is 3.65. The monoisotopic (exact) mass is 401 g/mol. The van der Waals surface area contributed by atoms with Crippen LogP contribution in [0.15, 0.2) is 42.5 Å². The van der Waals surface area contributed by atoms with Crippen molar-refractivity contribution in [2.24, 2.45) is 11.7 Å². The highest BCUT2D eigenvalue weighted by Gasteiger charge is 2.26. The second-order valence-corrected chi connectivity index (χ2v) is 7.44. The van der Waals surface area contributed by atoms with Gasteiger partial charge in [-0.05, 0) is 22.3 Å². The summed E-state index contributed by atoms with van der Waals surface area (Å²) >= 11 is 0. The molecule has 5 N–H and O–H groups in total. The van der Waals surface area contributed by atoms with Crippen LogP contribution in [0.5, 0.6) is 0 Å². The van der Waals surface area contributed by atoms with E-state index in [1.165, 1.54) is 4.90 Å². The minimum atomic E-state index is -1.52. The van der Waals surface area contributed by atoms with E-state index in [0.29, 0.717) is 0 Å². The average Bonchev–Trinajstić information content (AvgIpc) is 2.66. The Kier molecular flexibility index (Phi) is 7.55. The van der Waals surface area contributed by atoms with Crippen molar-refractivity contribution < 1.29 is 24.6 Å². The smallest absolute Gasteiger partial charge is 0.326 e. The quantitative estimate of drug-likeness (QED) is 0.503. The fourth-order valence-electron chi connectivity index (χ4n) is 3.02. The maximum Gasteiger partial charge on any atom is 0.326 e. The molecule has 2 aromatic carbocycles. The molecule has 2 aromatic rings. The molecule has 2 rings (SSSR count). The molecule has 0 aliphatic carbocycles. The van der Waals surface area contributed by atoms with Gasteiger partial charge in [-0.2, -0.15) is 0 Å². The van der Waals surface area contributed by atoms with Crippen LogP contribution in [0.1, 0.15) is 19.4 Å². The number of urea groups is 1. The number of nitrogens with one attached hydrogen (secondary N) is 1. The Morgan fingerprint density at radius 2 is 1.72 bits per heavy atom. The molecule has 0 aromatic heterocycles. The second kappa shape index (κ2) is 9.88. The number of aliphatic hydroxyl groups excluding tert-OH is 1. The summed E-state index contributed by atoms with van der Waals surface area (Å²) in [4.78, 5) is 36.7. The van der Waals surface area contributed by atoms with Crippen molar-refractivity contribution in [3.8, 4) is 0 Å². The average molecular weight is 401 g/mol. The van der Waals surface area contributed by atoms with Crippen LogP contribution in [0.3, 0.4) is 0 Å². The highest BCUT2D eigenvalue weighted by molar-refractivity contribution is 5.85. The molecule has 156 valence electrons. The number of fused-ring (bicyclic) bond motifs is 1. The van der Waals surface area contributed by atoms with Gasteiger partial charge in [-0.1, -0.05) is 56.3 Å². The third-order valence-corrected chi connectivity index (χ3v) is 4.44. The van der Waals surface area contributed by atoms with Crippen molar-refractivity contribution in [1.82, 2.24) is 10.2 Å². The number of carboxylic acid groups (broad SMARTS) is 1. The van der Waals surface area contributed by atoms with Crippen molar-refractivity contribution in [1.29, 1.82) is 0 Å². The molecular formula is C21H27N3O5. The highest BCUT2D eigenvalue weighted by Crippen LogP contribution is 2.17. The number of aliphatic carboxylic acids is 1. The third kappa shape index (κ3) is 6.46. The number of amides is 3. The lowest BCUT2D eigenvalue weighted by Gasteiger charge is -2.28. The summed E-state index contributed by atoms with van der Waals surface area (Å²) in [6, 6.07) is 11.5. The maximum absolute atomic E-state index is 12.6. The Hall–Kier alpha value is -3.13. The molecule has 0 fully saturated rings. The SMILES string of the molecule is CC(C)CN(CC(O)C(N)=O)C(=O)N[C@@H](Cc1ccc2ccccc2c1)C(=O)O. The van der Waals surface area contributed by atoms with Crippen LogP contribution < -0.4 is 11.1 Å². The van der Waals surface area contributed by atoms with Crippen molar-refractivity contribution in [3.63, 3.8) is 0 Å². The molecule has 0 aliphatic heterocycles. The normalized spacial score (nSPS) is 13.1. The van der Waals surface area contributed by atoms with Crippen molar-refractivity contribution >= 4 is 28.7 Å². The Morgan fingerprint density at radius 3 is 2.31 bits per heavy atom. The topological polar surface area (TPSA) is 133 Å². The zero-order valence-corrected chi connectivity index (χ0v) is 16.5. The van der Waals surface area contributed by atoms with Crippen molar-refractivity contribution in [2.75, 3.05) is 13.1 Å². The molecule has 0 heterocycles. The lowest BCUT2D eigenvalue weighted by molar-refractivity contribution is -0.139. The number of hydrogen-bond acceptors (Lipinski definition) is 4. The first-order chi connectivity index (χ1) is 13.7. The summed E-state index contributed by atoms with van der Waals surface area (Å²) in [7, 11) is 0. The first kappa shape index (κ1) is 22.2. The summed E-state index contributed by atoms with van der Waals surface area (Å²) in [5, 5.41) is 23.8. The number of nitrogens with zero attached hydrogens (tertiary/aromatic N) is 1. The zero-order chi connectivity index (χ0) is 21.6. The Morgan fingerprint density at radius 1 is 1.07 bits per heavy atom. The molecule has 2 atom stereocenters. The second-order valence-electron chi connectivity index (χ2n) is 7.44. The van der Waals surface area contributed by atoms with Crippen LogP contribution in [0, 0.1) is 5.92 Å². The number of rotatable bonds is 9. The summed E-state index contributed by atoms with van der Waals surface area (Å²) < 4.78 is 0. The summed E-state index contributed by atoms with van der Waals surface area (Å²) in [5.41, 5.74) is 5.84. The predicted octanol–water partition coefficient (Wildman–Crippen LogP) is 1.35. The Labute approximate surface area is 169 Å². The van der Waals surface area contributed by atoms with Crippen LogP contribution >= 0.6 is 0 Å². The predicted molar refractivity (Wildman–Crippen MR) is 109 cm³/mol. The molecule has 0 saturated heterocycles. The van der Waals surface area contributed by atoms with Crippen LogP contribution in [0.2, 0.25) is 0 Å². The van der Waals surface area contributed by atoms with E-state index in [2.05, 4.69) is 5.32 Å². The van der Waals surface area contributed by atoms with Gasteiger partial charge in [0.2, 0.25) is 5.91 Å². The number of aliphatic hydroxyl groups is 1. The molecule has 0 spiro atoms. The number of carbonyl (C=O) groups is 3. The fraction of sp³-hybridized carbons (Fsp3) is 0.381. The van der Waals surface area contributed by atoms with Gasteiger partial charge in [-0.25, -0.2) is 9.59 Å². The highest BCUT2D eigenvalue weighted by atomic mass is 16.4. The molecule has 0 saturated carbocycles. The first-order valence-electron chi connectivity index (χ1n) is 9.40. The van der Waals surface area contributed by atoms with Crippen LogP contribution in [-0.4, -0.2) is 58.3 Å². The van der Waals surface area contributed by atoms with Gasteiger partial charge in [0, 0.05) is 13.0 Å². The van der Waals surface area contributed by atoms with Gasteiger partial charge < -0.3 is 26.2 Å². The molecule has 1 unspecified atom stereocenters. The molecule has 8 heteroatoms. The summed E-state index contributed by atoms with van der Waals surface area (Å²) in [6.07, 6.45) is -1.43. The van der Waals surface area contributed by atoms with Crippen molar-refractivity contribution in [3.05, 3.63) is 48.0 Å². The molecule has 29 heavy (non-hydrogen) atoms. The number of benzene rings is 2. The van der Waals surface area contributed by atoms with E-state index < -0.39 is 30.1 Å². The Bertz CT molecular complexity index is 884. The number of hydrogen-bond donors (Lipinski definition) is 4. The minimum absolute atomic E-state index is 0.0459. The fourth-order valence-corrected chi connectivity index (χ4v) is 3.02. The van der Waals surface area contributed by atoms with E-state index in [-0.39, 0.29) is 25.4 Å². The van der Waals surface area contributed by atoms with Gasteiger partial charge in [0.05, 0.1) is 6.54 Å². The first-order valence-corrected chi connectivity index (χ1v) is 9.40. The largest absolute Gasteiger partial charge is 0.480 e. The standard InChI is InChI=1S/C21H27N3O5/c1-13(2)11-24(12-18(25)19(22)26)21(29)23-17(20(27)28)10-14-7-8-15-5-3-4-6-16(15)9-14/h3-9,13,17-18,25H,10-12H2,1-2H3,(H2,22,26)(H,23,29)(H,27,28)/t17-,18?/m0/s1. The van der Waals surface area contributed by atoms with E-state index in [1.54, 1.807) is 0 Å². The third-order valence-electron chi connectivity index (χ3n) is 4.44. The van der Waals surface area contributed by atoms with E-state index in [0.717, 1.165) is 16.3 Å². The van der Waals surface area contributed by atoms with Crippen molar-refractivity contribution in [2.45, 2.75) is 32.4 Å². The Balaban J connectivity index is 2.14. The minimum Gasteiger partial charge on any atom is -0.480 e. The van der Waals surface area contributed by atoms with Gasteiger partial charge in [-0.15, -0.1) is 0 Å². The molecule has 0 radical (unpaired) electrons. The molecule has 8 nitrogen and oxygen atoms in total. The number of primary amides is 1. The molecule has 0 aliphatic rings. The van der Waals surface area contributed by atoms with Gasteiger partial charge in [0.1, 0.15) is 12.1 Å². The lowest BCUT2D eigenvalue weighted by atomic mass is 10.0. The van der Waals surface area contributed by atoms with Gasteiger partial charge in [-0.3, -0.25) is 4.79 Å². The maximum atomic E-state index is 12.6. The molecule has 0 bridgehead atoms. The van der Waals surface area contributed by atoms with Gasteiger partial charge in [0.15, 0.2) is 0 Å². The van der Waals surface area contributed by atoms with E-state index >= 15 is 0 Å². The molecular weight excluding hydrogens is 374 g/mol. The molecule has 3 amide bonds. The number of carbonyl (C=O) groups excluding carboxylic acids is 2. The van der Waals surface area contributed by atoms with E-state index in [1.807, 2.05) is 56.3 Å². The zero-order valence-electron chi connectivity index (χ0n) is 16.5. The number of carboxylic acids is 1. The van der Waals surface area contributed by atoms with Gasteiger partial charge in [0.25, 0.3) is 0 Å². The van der Waals surface area contributed by atoms with E-state index in [9.17, 15) is 24.6 Å². The van der Waals surface area contributed by atoms with E-state index in [4.69, 9.17) is 5.73 Å². The van der Waals surface area contributed by atoms with Crippen LogP contribution in [0.4, 0.5) is 4.79 Å².